The average molecular weight is 487 g/mol. The van der Waals surface area contributed by atoms with Crippen LogP contribution in [0.25, 0.3) is 0 Å². The molecule has 0 unspecified atom stereocenters. The van der Waals surface area contributed by atoms with Gasteiger partial charge in [-0.05, 0) is 42.8 Å². The molecule has 0 amide bonds. The van der Waals surface area contributed by atoms with E-state index in [9.17, 15) is 21.6 Å². The molecule has 32 heavy (non-hydrogen) atoms. The van der Waals surface area contributed by atoms with E-state index >= 15 is 0 Å². The van der Waals surface area contributed by atoms with Crippen molar-refractivity contribution >= 4 is 27.4 Å². The first-order valence-electron chi connectivity index (χ1n) is 9.10. The van der Waals surface area contributed by atoms with E-state index in [1.54, 1.807) is 12.1 Å². The maximum atomic E-state index is 14.8. The Morgan fingerprint density at radius 2 is 1.78 bits per heavy atom. The number of aromatic nitrogens is 1. The number of nitrogens with zero attached hydrogens (tertiary/aromatic N) is 2. The zero-order valence-electron chi connectivity index (χ0n) is 17.2. The SMILES string of the molecule is COc1ccc(CN(c2cccc(F)n2)S(=O)(=O)c2c(C)cc(F)c(Cl)c2F)c(OC)c1. The molecule has 2 aromatic carbocycles. The predicted molar refractivity (Wildman–Crippen MR) is 113 cm³/mol. The van der Waals surface area contributed by atoms with E-state index in [1.165, 1.54) is 39.3 Å². The van der Waals surface area contributed by atoms with Crippen LogP contribution in [0.15, 0.2) is 47.4 Å². The average Bonchev–Trinajstić information content (AvgIpc) is 2.75. The van der Waals surface area contributed by atoms with Crippen LogP contribution in [0.3, 0.4) is 0 Å². The molecule has 0 aliphatic heterocycles. The van der Waals surface area contributed by atoms with Crippen LogP contribution in [0.5, 0.6) is 11.5 Å². The normalized spacial score (nSPS) is 11.3. The molecule has 11 heteroatoms. The van der Waals surface area contributed by atoms with E-state index in [4.69, 9.17) is 21.1 Å². The first-order chi connectivity index (χ1) is 15.1. The van der Waals surface area contributed by atoms with E-state index in [1.807, 2.05) is 0 Å². The minimum absolute atomic E-state index is 0.215. The molecule has 0 fully saturated rings. The molecule has 1 heterocycles. The lowest BCUT2D eigenvalue weighted by atomic mass is 10.2. The first kappa shape index (κ1) is 23.7. The van der Waals surface area contributed by atoms with Crippen molar-refractivity contribution in [1.29, 1.82) is 0 Å². The highest BCUT2D eigenvalue weighted by molar-refractivity contribution is 7.92. The number of benzene rings is 2. The highest BCUT2D eigenvalue weighted by Gasteiger charge is 2.33. The summed E-state index contributed by atoms with van der Waals surface area (Å²) >= 11 is 5.64. The van der Waals surface area contributed by atoms with E-state index in [-0.39, 0.29) is 17.1 Å². The van der Waals surface area contributed by atoms with Crippen molar-refractivity contribution in [2.45, 2.75) is 18.4 Å². The molecule has 1 aromatic heterocycles. The van der Waals surface area contributed by atoms with Crippen molar-refractivity contribution in [3.05, 3.63) is 76.2 Å². The van der Waals surface area contributed by atoms with Crippen molar-refractivity contribution in [3.8, 4) is 11.5 Å². The Balaban J connectivity index is 2.22. The number of hydrogen-bond donors (Lipinski definition) is 0. The smallest absolute Gasteiger partial charge is 0.269 e. The Morgan fingerprint density at radius 3 is 2.41 bits per heavy atom. The van der Waals surface area contributed by atoms with Crippen LogP contribution in [0.2, 0.25) is 5.02 Å². The maximum Gasteiger partial charge on any atom is 0.269 e. The van der Waals surface area contributed by atoms with Crippen molar-refractivity contribution in [2.75, 3.05) is 18.5 Å². The zero-order chi connectivity index (χ0) is 23.6. The predicted octanol–water partition coefficient (Wildman–Crippen LogP) is 4.87. The van der Waals surface area contributed by atoms with Crippen molar-refractivity contribution in [2.24, 2.45) is 0 Å². The van der Waals surface area contributed by atoms with Crippen LogP contribution in [0.1, 0.15) is 11.1 Å². The second-order valence-corrected chi connectivity index (χ2v) is 8.82. The summed E-state index contributed by atoms with van der Waals surface area (Å²) in [5.41, 5.74) is 0.140. The molecule has 0 bridgehead atoms. The van der Waals surface area contributed by atoms with Gasteiger partial charge in [0, 0.05) is 11.6 Å². The molecular weight excluding hydrogens is 469 g/mol. The molecule has 0 spiro atoms. The van der Waals surface area contributed by atoms with Crippen LogP contribution < -0.4 is 13.8 Å². The van der Waals surface area contributed by atoms with Gasteiger partial charge in [-0.2, -0.15) is 4.39 Å². The van der Waals surface area contributed by atoms with E-state index in [0.717, 1.165) is 12.1 Å². The molecule has 0 saturated carbocycles. The summed E-state index contributed by atoms with van der Waals surface area (Å²) in [5, 5.41) is -0.969. The number of ether oxygens (including phenoxy) is 2. The lowest BCUT2D eigenvalue weighted by Crippen LogP contribution is -2.33. The van der Waals surface area contributed by atoms with Crippen molar-refractivity contribution < 1.29 is 31.1 Å². The molecule has 6 nitrogen and oxygen atoms in total. The third-order valence-corrected chi connectivity index (χ3v) is 6.88. The fourth-order valence-electron chi connectivity index (χ4n) is 3.09. The topological polar surface area (TPSA) is 68.7 Å². The molecule has 3 aromatic rings. The number of halogens is 4. The number of anilines is 1. The molecule has 3 rings (SSSR count). The first-order valence-corrected chi connectivity index (χ1v) is 10.9. The number of rotatable bonds is 7. The van der Waals surface area contributed by atoms with Gasteiger partial charge in [-0.25, -0.2) is 26.5 Å². The Kier molecular flexibility index (Phi) is 6.85. The highest BCUT2D eigenvalue weighted by Crippen LogP contribution is 2.34. The molecule has 0 saturated heterocycles. The summed E-state index contributed by atoms with van der Waals surface area (Å²) in [4.78, 5) is 2.79. The Labute approximate surface area is 188 Å². The highest BCUT2D eigenvalue weighted by atomic mass is 35.5. The van der Waals surface area contributed by atoms with Crippen LogP contribution in [-0.4, -0.2) is 27.6 Å². The molecule has 0 radical (unpaired) electrons. The van der Waals surface area contributed by atoms with E-state index < -0.39 is 44.1 Å². The summed E-state index contributed by atoms with van der Waals surface area (Å²) in [6.07, 6.45) is 0. The fourth-order valence-corrected chi connectivity index (χ4v) is 4.96. The summed E-state index contributed by atoms with van der Waals surface area (Å²) in [6.45, 7) is 0.820. The number of sulfonamides is 1. The van der Waals surface area contributed by atoms with Crippen LogP contribution >= 0.6 is 11.6 Å². The van der Waals surface area contributed by atoms with Gasteiger partial charge < -0.3 is 9.47 Å². The van der Waals surface area contributed by atoms with Gasteiger partial charge >= 0.3 is 0 Å². The molecular formula is C21H18ClF3N2O4S. The van der Waals surface area contributed by atoms with Crippen LogP contribution in [0, 0.1) is 24.5 Å². The second-order valence-electron chi connectivity index (χ2n) is 6.64. The summed E-state index contributed by atoms with van der Waals surface area (Å²) in [7, 11) is -1.89. The van der Waals surface area contributed by atoms with E-state index in [0.29, 0.717) is 15.6 Å². The largest absolute Gasteiger partial charge is 0.497 e. The number of aryl methyl sites for hydroxylation is 1. The zero-order valence-corrected chi connectivity index (χ0v) is 18.8. The van der Waals surface area contributed by atoms with Gasteiger partial charge in [-0.15, -0.1) is 0 Å². The number of methoxy groups -OCH3 is 2. The molecule has 0 N–H and O–H groups in total. The standard InChI is InChI=1S/C21H18ClF3N2O4S/c1-12-9-15(23)19(22)20(25)21(12)32(28,29)27(18-6-4-5-17(24)26-18)11-13-7-8-14(30-2)10-16(13)31-3/h4-10H,11H2,1-3H3. The summed E-state index contributed by atoms with van der Waals surface area (Å²) < 4.78 is 80.8. The Bertz CT molecular complexity index is 1270. The van der Waals surface area contributed by atoms with Crippen LogP contribution in [0.4, 0.5) is 19.0 Å². The monoisotopic (exact) mass is 486 g/mol. The van der Waals surface area contributed by atoms with Gasteiger partial charge in [-0.1, -0.05) is 17.7 Å². The fraction of sp³-hybridized carbons (Fsp3) is 0.190. The molecule has 0 aliphatic rings. The molecule has 170 valence electrons. The Hall–Kier alpha value is -2.98. The minimum atomic E-state index is -4.72. The quantitative estimate of drug-likeness (QED) is 0.352. The van der Waals surface area contributed by atoms with E-state index in [2.05, 4.69) is 4.98 Å². The van der Waals surface area contributed by atoms with Gasteiger partial charge in [0.1, 0.15) is 33.1 Å². The summed E-state index contributed by atoms with van der Waals surface area (Å²) in [5.74, 6) is -3.09. The van der Waals surface area contributed by atoms with Gasteiger partial charge in [0.15, 0.2) is 5.82 Å². The number of hydrogen-bond acceptors (Lipinski definition) is 5. The van der Waals surface area contributed by atoms with Crippen LogP contribution in [-0.2, 0) is 16.6 Å². The third kappa shape index (κ3) is 4.46. The van der Waals surface area contributed by atoms with Gasteiger partial charge in [0.05, 0.1) is 20.8 Å². The molecule has 0 atom stereocenters. The maximum absolute atomic E-state index is 14.8. The van der Waals surface area contributed by atoms with Crippen molar-refractivity contribution in [3.63, 3.8) is 0 Å². The van der Waals surface area contributed by atoms with Gasteiger partial charge in [0.2, 0.25) is 5.95 Å². The second kappa shape index (κ2) is 9.25. The Morgan fingerprint density at radius 1 is 1.06 bits per heavy atom. The lowest BCUT2D eigenvalue weighted by Gasteiger charge is -2.25. The lowest BCUT2D eigenvalue weighted by molar-refractivity contribution is 0.391. The van der Waals surface area contributed by atoms with Gasteiger partial charge in [0.25, 0.3) is 10.0 Å². The molecule has 0 aliphatic carbocycles. The van der Waals surface area contributed by atoms with Gasteiger partial charge in [-0.3, -0.25) is 0 Å². The van der Waals surface area contributed by atoms with Crippen molar-refractivity contribution in [1.82, 2.24) is 4.98 Å². The number of pyridine rings is 1. The summed E-state index contributed by atoms with van der Waals surface area (Å²) in [6, 6.07) is 8.98. The third-order valence-electron chi connectivity index (χ3n) is 4.62. The minimum Gasteiger partial charge on any atom is -0.497 e.